The number of aromatic hydroxyl groups is 1. The summed E-state index contributed by atoms with van der Waals surface area (Å²) in [5, 5.41) is 21.6. The first kappa shape index (κ1) is 16.8. The second-order valence-corrected chi connectivity index (χ2v) is 5.36. The van der Waals surface area contributed by atoms with Crippen LogP contribution in [0.3, 0.4) is 0 Å². The molecule has 6 heteroatoms. The topological polar surface area (TPSA) is 95.9 Å². The van der Waals surface area contributed by atoms with Crippen LogP contribution in [0.15, 0.2) is 12.1 Å². The Morgan fingerprint density at radius 2 is 1.95 bits per heavy atom. The monoisotopic (exact) mass is 295 g/mol. The van der Waals surface area contributed by atoms with Crippen molar-refractivity contribution in [2.24, 2.45) is 5.92 Å². The van der Waals surface area contributed by atoms with Crippen LogP contribution in [0, 0.1) is 12.8 Å². The van der Waals surface area contributed by atoms with Crippen molar-refractivity contribution in [3.63, 3.8) is 0 Å². The van der Waals surface area contributed by atoms with Crippen molar-refractivity contribution in [2.45, 2.75) is 33.2 Å². The normalized spacial score (nSPS) is 12.0. The highest BCUT2D eigenvalue weighted by molar-refractivity contribution is 5.99. The van der Waals surface area contributed by atoms with Gasteiger partial charge in [0.25, 0.3) is 5.91 Å². The number of carboxylic acids is 1. The van der Waals surface area contributed by atoms with Gasteiger partial charge in [-0.15, -0.1) is 0 Å². The summed E-state index contributed by atoms with van der Waals surface area (Å²) in [5.74, 6) is -1.74. The minimum atomic E-state index is -1.10. The Balaban J connectivity index is 3.03. The summed E-state index contributed by atoms with van der Waals surface area (Å²) in [6.07, 6.45) is 0.310. The maximum atomic E-state index is 12.2. The number of benzene rings is 1. The number of aryl methyl sites for hydroxylation is 1. The van der Waals surface area contributed by atoms with E-state index in [0.29, 0.717) is 6.42 Å². The first-order valence-electron chi connectivity index (χ1n) is 6.67. The van der Waals surface area contributed by atoms with Crippen molar-refractivity contribution in [3.8, 4) is 11.5 Å². The molecule has 116 valence electrons. The summed E-state index contributed by atoms with van der Waals surface area (Å²) < 4.78 is 4.99. The van der Waals surface area contributed by atoms with E-state index >= 15 is 0 Å². The number of amides is 1. The zero-order chi connectivity index (χ0) is 16.2. The number of rotatable bonds is 6. The van der Waals surface area contributed by atoms with Gasteiger partial charge in [0.05, 0.1) is 12.7 Å². The number of ether oxygens (including phenoxy) is 1. The Kier molecular flexibility index (Phi) is 5.58. The highest BCUT2D eigenvalue weighted by Gasteiger charge is 2.24. The third kappa shape index (κ3) is 4.37. The van der Waals surface area contributed by atoms with Crippen LogP contribution in [0.2, 0.25) is 0 Å². The van der Waals surface area contributed by atoms with Crippen molar-refractivity contribution >= 4 is 11.9 Å². The van der Waals surface area contributed by atoms with Gasteiger partial charge in [-0.3, -0.25) is 4.79 Å². The Hall–Kier alpha value is -2.24. The number of carboxylic acid groups (broad SMARTS) is 1. The molecule has 1 rings (SSSR count). The van der Waals surface area contributed by atoms with Gasteiger partial charge in [0, 0.05) is 0 Å². The van der Waals surface area contributed by atoms with Crippen LogP contribution in [0.5, 0.6) is 11.5 Å². The molecule has 0 bridgehead atoms. The summed E-state index contributed by atoms with van der Waals surface area (Å²) in [7, 11) is 1.38. The average molecular weight is 295 g/mol. The van der Waals surface area contributed by atoms with Crippen molar-refractivity contribution in [3.05, 3.63) is 23.3 Å². The molecule has 0 heterocycles. The van der Waals surface area contributed by atoms with E-state index in [0.717, 1.165) is 5.56 Å². The van der Waals surface area contributed by atoms with E-state index in [1.54, 1.807) is 13.0 Å². The number of phenols is 1. The Labute approximate surface area is 123 Å². The van der Waals surface area contributed by atoms with Crippen LogP contribution >= 0.6 is 0 Å². The molecule has 0 aliphatic rings. The maximum Gasteiger partial charge on any atom is 0.326 e. The van der Waals surface area contributed by atoms with Gasteiger partial charge in [0.15, 0.2) is 11.5 Å². The molecule has 0 fully saturated rings. The third-order valence-corrected chi connectivity index (χ3v) is 2.99. The molecule has 6 nitrogen and oxygen atoms in total. The molecular formula is C15H21NO5. The van der Waals surface area contributed by atoms with Gasteiger partial charge >= 0.3 is 5.97 Å². The first-order chi connectivity index (χ1) is 9.76. The van der Waals surface area contributed by atoms with E-state index in [-0.39, 0.29) is 23.0 Å². The van der Waals surface area contributed by atoms with Crippen LogP contribution in [0.25, 0.3) is 0 Å². The molecular weight excluding hydrogens is 274 g/mol. The van der Waals surface area contributed by atoms with Crippen LogP contribution in [-0.2, 0) is 4.79 Å². The number of phenolic OH excluding ortho intramolecular Hbond substituents is 1. The lowest BCUT2D eigenvalue weighted by Crippen LogP contribution is -2.41. The maximum absolute atomic E-state index is 12.2. The van der Waals surface area contributed by atoms with E-state index in [2.05, 4.69) is 5.32 Å². The van der Waals surface area contributed by atoms with Crippen molar-refractivity contribution in [1.29, 1.82) is 0 Å². The summed E-state index contributed by atoms with van der Waals surface area (Å²) in [6.45, 7) is 5.49. The fourth-order valence-corrected chi connectivity index (χ4v) is 2.00. The number of methoxy groups -OCH3 is 1. The lowest BCUT2D eigenvalue weighted by atomic mass is 10.0. The SMILES string of the molecule is COc1cc(C)cc(C(=O)N[C@H](CC(C)C)C(=O)O)c1O. The summed E-state index contributed by atoms with van der Waals surface area (Å²) in [5.41, 5.74) is 0.729. The minimum absolute atomic E-state index is 0.00172. The van der Waals surface area contributed by atoms with Crippen molar-refractivity contribution in [2.75, 3.05) is 7.11 Å². The number of aliphatic carboxylic acids is 1. The van der Waals surface area contributed by atoms with Crippen LogP contribution < -0.4 is 10.1 Å². The van der Waals surface area contributed by atoms with E-state index in [1.807, 2.05) is 13.8 Å². The van der Waals surface area contributed by atoms with Crippen molar-refractivity contribution in [1.82, 2.24) is 5.32 Å². The lowest BCUT2D eigenvalue weighted by Gasteiger charge is -2.17. The van der Waals surface area contributed by atoms with Crippen LogP contribution in [0.1, 0.15) is 36.2 Å². The highest BCUT2D eigenvalue weighted by Crippen LogP contribution is 2.31. The van der Waals surface area contributed by atoms with Gasteiger partial charge in [-0.1, -0.05) is 13.8 Å². The van der Waals surface area contributed by atoms with Crippen LogP contribution in [0.4, 0.5) is 0 Å². The second-order valence-electron chi connectivity index (χ2n) is 5.36. The van der Waals surface area contributed by atoms with Gasteiger partial charge in [-0.05, 0) is 37.0 Å². The molecule has 0 saturated carbocycles. The van der Waals surface area contributed by atoms with Gasteiger partial charge < -0.3 is 20.3 Å². The van der Waals surface area contributed by atoms with Gasteiger partial charge in [-0.2, -0.15) is 0 Å². The van der Waals surface area contributed by atoms with E-state index < -0.39 is 17.9 Å². The molecule has 3 N–H and O–H groups in total. The molecule has 1 atom stereocenters. The summed E-state index contributed by atoms with van der Waals surface area (Å²) in [4.78, 5) is 23.4. The Morgan fingerprint density at radius 3 is 2.43 bits per heavy atom. The summed E-state index contributed by atoms with van der Waals surface area (Å²) >= 11 is 0. The van der Waals surface area contributed by atoms with E-state index in [4.69, 9.17) is 9.84 Å². The molecule has 1 amide bonds. The van der Waals surface area contributed by atoms with E-state index in [1.165, 1.54) is 13.2 Å². The number of hydrogen-bond acceptors (Lipinski definition) is 4. The molecule has 0 radical (unpaired) electrons. The molecule has 21 heavy (non-hydrogen) atoms. The van der Waals surface area contributed by atoms with Crippen molar-refractivity contribution < 1.29 is 24.5 Å². The fourth-order valence-electron chi connectivity index (χ4n) is 2.00. The van der Waals surface area contributed by atoms with Crippen LogP contribution in [-0.4, -0.2) is 35.2 Å². The first-order valence-corrected chi connectivity index (χ1v) is 6.67. The second kappa shape index (κ2) is 6.97. The lowest BCUT2D eigenvalue weighted by molar-refractivity contribution is -0.139. The third-order valence-electron chi connectivity index (χ3n) is 2.99. The van der Waals surface area contributed by atoms with Gasteiger partial charge in [0.2, 0.25) is 0 Å². The highest BCUT2D eigenvalue weighted by atomic mass is 16.5. The standard InChI is InChI=1S/C15H21NO5/c1-8(2)5-11(15(19)20)16-14(18)10-6-9(3)7-12(21-4)13(10)17/h6-8,11,17H,5H2,1-4H3,(H,16,18)(H,19,20)/t11-/m1/s1. The number of nitrogens with one attached hydrogen (secondary N) is 1. The predicted molar refractivity (Wildman–Crippen MR) is 77.7 cm³/mol. The largest absolute Gasteiger partial charge is 0.504 e. The number of carbonyl (C=O) groups excluding carboxylic acids is 1. The molecule has 0 aliphatic carbocycles. The molecule has 0 aromatic heterocycles. The molecule has 1 aromatic carbocycles. The average Bonchev–Trinajstić information content (AvgIpc) is 2.39. The Morgan fingerprint density at radius 1 is 1.33 bits per heavy atom. The molecule has 1 aromatic rings. The zero-order valence-corrected chi connectivity index (χ0v) is 12.6. The number of carbonyl (C=O) groups is 2. The minimum Gasteiger partial charge on any atom is -0.504 e. The smallest absolute Gasteiger partial charge is 0.326 e. The fraction of sp³-hybridized carbons (Fsp3) is 0.467. The molecule has 0 spiro atoms. The zero-order valence-electron chi connectivity index (χ0n) is 12.6. The number of hydrogen-bond donors (Lipinski definition) is 3. The molecule has 0 unspecified atom stereocenters. The Bertz CT molecular complexity index is 539. The predicted octanol–water partition coefficient (Wildman–Crippen LogP) is 1.94. The summed E-state index contributed by atoms with van der Waals surface area (Å²) in [6, 6.07) is 2.08. The van der Waals surface area contributed by atoms with Gasteiger partial charge in [-0.25, -0.2) is 4.79 Å². The van der Waals surface area contributed by atoms with Gasteiger partial charge in [0.1, 0.15) is 6.04 Å². The van der Waals surface area contributed by atoms with E-state index in [9.17, 15) is 14.7 Å². The quantitative estimate of drug-likeness (QED) is 0.745. The molecule has 0 aliphatic heterocycles. The molecule has 0 saturated heterocycles.